The molecule has 1 saturated carbocycles. The number of aromatic nitrogens is 2. The van der Waals surface area contributed by atoms with Crippen LogP contribution < -0.4 is 10.9 Å². The second-order valence-corrected chi connectivity index (χ2v) is 7.62. The van der Waals surface area contributed by atoms with Gasteiger partial charge in [-0.1, -0.05) is 24.3 Å². The molecule has 0 aliphatic heterocycles. The van der Waals surface area contributed by atoms with Gasteiger partial charge in [0.25, 0.3) is 5.56 Å². The quantitative estimate of drug-likeness (QED) is 0.721. The molecule has 6 nitrogen and oxygen atoms in total. The van der Waals surface area contributed by atoms with E-state index >= 15 is 0 Å². The van der Waals surface area contributed by atoms with Crippen LogP contribution in [-0.4, -0.2) is 26.9 Å². The van der Waals surface area contributed by atoms with Crippen LogP contribution in [0.1, 0.15) is 23.8 Å². The SMILES string of the molecule is O=C(Cn1ncc2ccccc2c1=O)N[C@H](c1cccs1)C1CC(O)C1. The average molecular weight is 369 g/mol. The Kier molecular flexibility index (Phi) is 4.57. The van der Waals surface area contributed by atoms with Gasteiger partial charge in [0, 0.05) is 10.3 Å². The van der Waals surface area contributed by atoms with Gasteiger partial charge in [-0.3, -0.25) is 9.59 Å². The lowest BCUT2D eigenvalue weighted by Gasteiger charge is -2.37. The molecule has 0 spiro atoms. The predicted molar refractivity (Wildman–Crippen MR) is 99.9 cm³/mol. The standard InChI is InChI=1S/C19H19N3O3S/c23-14-8-13(9-14)18(16-6-3-7-26-16)21-17(24)11-22-19(25)15-5-2-1-4-12(15)10-20-22/h1-7,10,13-14,18,23H,8-9,11H2,(H,21,24)/t13?,14?,18-/m0/s1. The molecule has 26 heavy (non-hydrogen) atoms. The molecule has 1 amide bonds. The first-order valence-electron chi connectivity index (χ1n) is 8.57. The number of carbonyl (C=O) groups excluding carboxylic acids is 1. The molecular formula is C19H19N3O3S. The first-order chi connectivity index (χ1) is 12.6. The van der Waals surface area contributed by atoms with Gasteiger partial charge in [-0.05, 0) is 36.3 Å². The number of aliphatic hydroxyl groups excluding tert-OH is 1. The van der Waals surface area contributed by atoms with Crippen LogP contribution >= 0.6 is 11.3 Å². The number of benzene rings is 1. The number of nitrogens with one attached hydrogen (secondary N) is 1. The topological polar surface area (TPSA) is 84.2 Å². The summed E-state index contributed by atoms with van der Waals surface area (Å²) in [6.45, 7) is -0.124. The molecule has 1 atom stereocenters. The van der Waals surface area contributed by atoms with Gasteiger partial charge in [0.1, 0.15) is 6.54 Å². The van der Waals surface area contributed by atoms with Crippen molar-refractivity contribution < 1.29 is 9.90 Å². The zero-order valence-electron chi connectivity index (χ0n) is 14.0. The molecule has 1 aliphatic rings. The molecule has 3 aromatic rings. The minimum atomic E-state index is -0.288. The van der Waals surface area contributed by atoms with E-state index in [1.165, 1.54) is 4.68 Å². The molecule has 1 fully saturated rings. The van der Waals surface area contributed by atoms with E-state index < -0.39 is 0 Å². The third-order valence-corrected chi connectivity index (χ3v) is 5.80. The van der Waals surface area contributed by atoms with Gasteiger partial charge in [0.2, 0.25) is 5.91 Å². The highest BCUT2D eigenvalue weighted by Crippen LogP contribution is 2.39. The smallest absolute Gasteiger partial charge is 0.275 e. The van der Waals surface area contributed by atoms with Crippen molar-refractivity contribution in [3.05, 3.63) is 63.2 Å². The zero-order valence-corrected chi connectivity index (χ0v) is 14.9. The molecule has 7 heteroatoms. The number of fused-ring (bicyclic) bond motifs is 1. The zero-order chi connectivity index (χ0) is 18.1. The molecule has 2 heterocycles. The Labute approximate surface area is 154 Å². The highest BCUT2D eigenvalue weighted by atomic mass is 32.1. The Bertz CT molecular complexity index is 977. The number of rotatable bonds is 5. The van der Waals surface area contributed by atoms with E-state index in [0.717, 1.165) is 10.3 Å². The Morgan fingerprint density at radius 3 is 2.85 bits per heavy atom. The third kappa shape index (κ3) is 3.27. The summed E-state index contributed by atoms with van der Waals surface area (Å²) in [5, 5.41) is 20.0. The van der Waals surface area contributed by atoms with Gasteiger partial charge in [0.15, 0.2) is 0 Å². The Balaban J connectivity index is 1.52. The van der Waals surface area contributed by atoms with Crippen molar-refractivity contribution in [2.24, 2.45) is 5.92 Å². The summed E-state index contributed by atoms with van der Waals surface area (Å²) in [7, 11) is 0. The van der Waals surface area contributed by atoms with Gasteiger partial charge in [-0.2, -0.15) is 5.10 Å². The second-order valence-electron chi connectivity index (χ2n) is 6.64. The van der Waals surface area contributed by atoms with Gasteiger partial charge >= 0.3 is 0 Å². The summed E-state index contributed by atoms with van der Waals surface area (Å²) >= 11 is 1.58. The number of aliphatic hydroxyl groups is 1. The van der Waals surface area contributed by atoms with E-state index in [9.17, 15) is 14.7 Å². The Hall–Kier alpha value is -2.51. The maximum atomic E-state index is 12.6. The van der Waals surface area contributed by atoms with Crippen molar-refractivity contribution in [2.75, 3.05) is 0 Å². The second kappa shape index (κ2) is 7.01. The van der Waals surface area contributed by atoms with Crippen molar-refractivity contribution in [1.29, 1.82) is 0 Å². The molecule has 0 radical (unpaired) electrons. The van der Waals surface area contributed by atoms with Crippen molar-refractivity contribution >= 4 is 28.0 Å². The molecule has 0 unspecified atom stereocenters. The average Bonchev–Trinajstić information content (AvgIpc) is 3.14. The molecule has 4 rings (SSSR count). The monoisotopic (exact) mass is 369 g/mol. The number of carbonyl (C=O) groups is 1. The van der Waals surface area contributed by atoms with Crippen LogP contribution in [0.15, 0.2) is 52.8 Å². The van der Waals surface area contributed by atoms with Crippen molar-refractivity contribution in [3.8, 4) is 0 Å². The number of hydrogen-bond donors (Lipinski definition) is 2. The molecule has 2 N–H and O–H groups in total. The molecule has 134 valence electrons. The lowest BCUT2D eigenvalue weighted by atomic mass is 9.77. The fraction of sp³-hybridized carbons (Fsp3) is 0.316. The number of hydrogen-bond acceptors (Lipinski definition) is 5. The van der Waals surface area contributed by atoms with Crippen molar-refractivity contribution in [2.45, 2.75) is 31.5 Å². The maximum Gasteiger partial charge on any atom is 0.275 e. The summed E-state index contributed by atoms with van der Waals surface area (Å²) < 4.78 is 1.19. The van der Waals surface area contributed by atoms with Crippen LogP contribution in [-0.2, 0) is 11.3 Å². The van der Waals surface area contributed by atoms with Gasteiger partial charge < -0.3 is 10.4 Å². The molecule has 1 aliphatic carbocycles. The molecular weight excluding hydrogens is 350 g/mol. The molecule has 0 bridgehead atoms. The first-order valence-corrected chi connectivity index (χ1v) is 9.45. The van der Waals surface area contributed by atoms with E-state index in [-0.39, 0.29) is 36.1 Å². The van der Waals surface area contributed by atoms with E-state index in [4.69, 9.17) is 0 Å². The fourth-order valence-corrected chi connectivity index (χ4v) is 4.26. The number of nitrogens with zero attached hydrogens (tertiary/aromatic N) is 2. The minimum absolute atomic E-state index is 0.124. The number of thiophene rings is 1. The Morgan fingerprint density at radius 1 is 1.31 bits per heavy atom. The van der Waals surface area contributed by atoms with Crippen LogP contribution in [0.5, 0.6) is 0 Å². The normalized spacial score (nSPS) is 20.5. The minimum Gasteiger partial charge on any atom is -0.393 e. The van der Waals surface area contributed by atoms with Crippen molar-refractivity contribution in [3.63, 3.8) is 0 Å². The first kappa shape index (κ1) is 16.9. The van der Waals surface area contributed by atoms with Gasteiger partial charge in [0.05, 0.1) is 23.7 Å². The van der Waals surface area contributed by atoms with E-state index in [1.54, 1.807) is 29.7 Å². The highest BCUT2D eigenvalue weighted by Gasteiger charge is 2.36. The van der Waals surface area contributed by atoms with Crippen LogP contribution in [0.4, 0.5) is 0 Å². The van der Waals surface area contributed by atoms with Crippen LogP contribution in [0.25, 0.3) is 10.8 Å². The summed E-state index contributed by atoms with van der Waals surface area (Å²) in [6.07, 6.45) is 2.67. The van der Waals surface area contributed by atoms with E-state index in [2.05, 4.69) is 10.4 Å². The maximum absolute atomic E-state index is 12.6. The summed E-state index contributed by atoms with van der Waals surface area (Å²) in [5.74, 6) is -0.0384. The largest absolute Gasteiger partial charge is 0.393 e. The van der Waals surface area contributed by atoms with E-state index in [0.29, 0.717) is 18.2 Å². The third-order valence-electron chi connectivity index (χ3n) is 4.84. The number of amides is 1. The lowest BCUT2D eigenvalue weighted by Crippen LogP contribution is -2.43. The fourth-order valence-electron chi connectivity index (χ4n) is 3.39. The van der Waals surface area contributed by atoms with Crippen LogP contribution in [0.3, 0.4) is 0 Å². The predicted octanol–water partition coefficient (Wildman–Crippen LogP) is 2.09. The molecule has 0 saturated heterocycles. The lowest BCUT2D eigenvalue weighted by molar-refractivity contribution is -0.123. The van der Waals surface area contributed by atoms with Gasteiger partial charge in [-0.15, -0.1) is 11.3 Å². The molecule has 2 aromatic heterocycles. The van der Waals surface area contributed by atoms with Crippen LogP contribution in [0, 0.1) is 5.92 Å². The summed E-state index contributed by atoms with van der Waals surface area (Å²) in [4.78, 5) is 26.1. The Morgan fingerprint density at radius 2 is 2.12 bits per heavy atom. The highest BCUT2D eigenvalue weighted by molar-refractivity contribution is 7.10. The summed E-state index contributed by atoms with van der Waals surface area (Å²) in [5.41, 5.74) is -0.273. The van der Waals surface area contributed by atoms with Crippen LogP contribution in [0.2, 0.25) is 0 Å². The van der Waals surface area contributed by atoms with E-state index in [1.807, 2.05) is 29.6 Å². The van der Waals surface area contributed by atoms with Crippen molar-refractivity contribution in [1.82, 2.24) is 15.1 Å². The summed E-state index contributed by atoms with van der Waals surface area (Å²) in [6, 6.07) is 11.0. The molecule has 1 aromatic carbocycles. The van der Waals surface area contributed by atoms with Gasteiger partial charge in [-0.25, -0.2) is 4.68 Å².